The number of hydrogen-bond donors (Lipinski definition) is 2. The lowest BCUT2D eigenvalue weighted by Gasteiger charge is -2.39. The summed E-state index contributed by atoms with van der Waals surface area (Å²) in [5, 5.41) is 3.77. The molecule has 0 amide bonds. The molecule has 118 valence electrons. The highest BCUT2D eigenvalue weighted by Gasteiger charge is 2.34. The Bertz CT molecular complexity index is 445. The molecule has 1 saturated heterocycles. The first-order valence-electron chi connectivity index (χ1n) is 8.12. The molecule has 1 fully saturated rings. The van der Waals surface area contributed by atoms with Crippen molar-refractivity contribution in [3.05, 3.63) is 35.4 Å². The van der Waals surface area contributed by atoms with Gasteiger partial charge in [0.1, 0.15) is 0 Å². The Morgan fingerprint density at radius 2 is 1.95 bits per heavy atom. The van der Waals surface area contributed by atoms with E-state index in [9.17, 15) is 0 Å². The van der Waals surface area contributed by atoms with Gasteiger partial charge in [-0.3, -0.25) is 0 Å². The summed E-state index contributed by atoms with van der Waals surface area (Å²) < 4.78 is 5.59. The maximum absolute atomic E-state index is 5.64. The average Bonchev–Trinajstić information content (AvgIpc) is 2.48. The predicted octanol–water partition coefficient (Wildman–Crippen LogP) is 2.93. The molecular weight excluding hydrogens is 260 g/mol. The topological polar surface area (TPSA) is 47.3 Å². The third-order valence-electron chi connectivity index (χ3n) is 4.47. The van der Waals surface area contributed by atoms with E-state index < -0.39 is 0 Å². The Morgan fingerprint density at radius 3 is 2.57 bits per heavy atom. The van der Waals surface area contributed by atoms with Crippen molar-refractivity contribution in [2.45, 2.75) is 51.0 Å². The molecule has 2 rings (SSSR count). The van der Waals surface area contributed by atoms with Crippen molar-refractivity contribution in [1.29, 1.82) is 0 Å². The van der Waals surface area contributed by atoms with Crippen LogP contribution in [-0.4, -0.2) is 26.3 Å². The van der Waals surface area contributed by atoms with Crippen molar-refractivity contribution >= 4 is 0 Å². The van der Waals surface area contributed by atoms with Gasteiger partial charge in [0.25, 0.3) is 0 Å². The van der Waals surface area contributed by atoms with E-state index in [1.165, 1.54) is 11.1 Å². The van der Waals surface area contributed by atoms with E-state index in [-0.39, 0.29) is 11.0 Å². The molecule has 1 aliphatic heterocycles. The van der Waals surface area contributed by atoms with E-state index in [1.807, 2.05) is 0 Å². The molecule has 0 saturated carbocycles. The number of benzene rings is 1. The van der Waals surface area contributed by atoms with Crippen LogP contribution in [0.5, 0.6) is 0 Å². The molecule has 3 N–H and O–H groups in total. The standard InChI is InChI=1S/C18H30N2O/c1-17(2,3)15-6-4-7-16(14-15)18(20-11-5-10-19)8-12-21-13-9-18/h4,6-7,14,20H,5,8-13,19H2,1-3H3. The van der Waals surface area contributed by atoms with Gasteiger partial charge in [0.05, 0.1) is 0 Å². The zero-order valence-corrected chi connectivity index (χ0v) is 13.7. The van der Waals surface area contributed by atoms with Crippen molar-refractivity contribution in [2.24, 2.45) is 5.73 Å². The molecule has 3 heteroatoms. The van der Waals surface area contributed by atoms with Crippen molar-refractivity contribution in [3.63, 3.8) is 0 Å². The van der Waals surface area contributed by atoms with Crippen molar-refractivity contribution in [1.82, 2.24) is 5.32 Å². The molecule has 21 heavy (non-hydrogen) atoms. The Labute approximate surface area is 129 Å². The van der Waals surface area contributed by atoms with Crippen LogP contribution in [0, 0.1) is 0 Å². The minimum atomic E-state index is 0.0503. The zero-order chi connectivity index (χ0) is 15.3. The van der Waals surface area contributed by atoms with Gasteiger partial charge in [-0.1, -0.05) is 45.0 Å². The van der Waals surface area contributed by atoms with Gasteiger partial charge in [0.15, 0.2) is 0 Å². The highest BCUT2D eigenvalue weighted by Crippen LogP contribution is 2.34. The van der Waals surface area contributed by atoms with Crippen molar-refractivity contribution in [3.8, 4) is 0 Å². The smallest absolute Gasteiger partial charge is 0.0486 e. The molecule has 0 spiro atoms. The monoisotopic (exact) mass is 290 g/mol. The summed E-state index contributed by atoms with van der Waals surface area (Å²) in [6.07, 6.45) is 3.08. The molecule has 0 unspecified atom stereocenters. The summed E-state index contributed by atoms with van der Waals surface area (Å²) in [6, 6.07) is 9.06. The quantitative estimate of drug-likeness (QED) is 0.820. The summed E-state index contributed by atoms with van der Waals surface area (Å²) in [6.45, 7) is 10.2. The lowest BCUT2D eigenvalue weighted by molar-refractivity contribution is 0.0366. The second-order valence-electron chi connectivity index (χ2n) is 7.09. The van der Waals surface area contributed by atoms with Crippen molar-refractivity contribution < 1.29 is 4.74 Å². The number of rotatable bonds is 5. The van der Waals surface area contributed by atoms with Gasteiger partial charge in [-0.25, -0.2) is 0 Å². The molecule has 0 aliphatic carbocycles. The van der Waals surface area contributed by atoms with Crippen LogP contribution in [0.1, 0.15) is 51.2 Å². The van der Waals surface area contributed by atoms with Gasteiger partial charge < -0.3 is 15.8 Å². The van der Waals surface area contributed by atoms with Crippen molar-refractivity contribution in [2.75, 3.05) is 26.3 Å². The molecule has 0 atom stereocenters. The summed E-state index contributed by atoms with van der Waals surface area (Å²) in [7, 11) is 0. The van der Waals surface area contributed by atoms with Crippen LogP contribution in [0.2, 0.25) is 0 Å². The molecule has 0 bridgehead atoms. The predicted molar refractivity (Wildman–Crippen MR) is 88.5 cm³/mol. The molecule has 1 aromatic carbocycles. The fraction of sp³-hybridized carbons (Fsp3) is 0.667. The summed E-state index contributed by atoms with van der Waals surface area (Å²) in [5.74, 6) is 0. The lowest BCUT2D eigenvalue weighted by atomic mass is 9.78. The molecular formula is C18H30N2O. The van der Waals surface area contributed by atoms with Gasteiger partial charge in [-0.2, -0.15) is 0 Å². The average molecular weight is 290 g/mol. The first kappa shape index (κ1) is 16.5. The Morgan fingerprint density at radius 1 is 1.24 bits per heavy atom. The maximum Gasteiger partial charge on any atom is 0.0486 e. The Kier molecular flexibility index (Phi) is 5.42. The maximum atomic E-state index is 5.64. The van der Waals surface area contributed by atoms with E-state index >= 15 is 0 Å². The van der Waals surface area contributed by atoms with Gasteiger partial charge in [0, 0.05) is 18.8 Å². The molecule has 0 radical (unpaired) electrons. The summed E-state index contributed by atoms with van der Waals surface area (Å²) >= 11 is 0. The number of nitrogens with one attached hydrogen (secondary N) is 1. The van der Waals surface area contributed by atoms with Crippen LogP contribution in [0.3, 0.4) is 0 Å². The largest absolute Gasteiger partial charge is 0.381 e. The van der Waals surface area contributed by atoms with E-state index in [2.05, 4.69) is 50.4 Å². The zero-order valence-electron chi connectivity index (χ0n) is 13.7. The summed E-state index contributed by atoms with van der Waals surface area (Å²) in [4.78, 5) is 0. The van der Waals surface area contributed by atoms with Crippen LogP contribution in [0.4, 0.5) is 0 Å². The molecule has 1 aromatic rings. The first-order valence-corrected chi connectivity index (χ1v) is 8.12. The highest BCUT2D eigenvalue weighted by atomic mass is 16.5. The first-order chi connectivity index (χ1) is 9.98. The fourth-order valence-electron chi connectivity index (χ4n) is 3.00. The molecule has 3 nitrogen and oxygen atoms in total. The second-order valence-corrected chi connectivity index (χ2v) is 7.09. The Balaban J connectivity index is 2.27. The van der Waals surface area contributed by atoms with Gasteiger partial charge >= 0.3 is 0 Å². The van der Waals surface area contributed by atoms with Gasteiger partial charge in [0.2, 0.25) is 0 Å². The van der Waals surface area contributed by atoms with Gasteiger partial charge in [-0.05, 0) is 48.9 Å². The van der Waals surface area contributed by atoms with Crippen LogP contribution < -0.4 is 11.1 Å². The normalized spacial score (nSPS) is 18.7. The minimum Gasteiger partial charge on any atom is -0.381 e. The Hall–Kier alpha value is -0.900. The number of nitrogens with two attached hydrogens (primary N) is 1. The molecule has 1 aliphatic rings. The van der Waals surface area contributed by atoms with Crippen LogP contribution in [-0.2, 0) is 15.7 Å². The molecule has 1 heterocycles. The van der Waals surface area contributed by atoms with Crippen LogP contribution in [0.25, 0.3) is 0 Å². The van der Waals surface area contributed by atoms with Crippen LogP contribution in [0.15, 0.2) is 24.3 Å². The second kappa shape index (κ2) is 6.91. The van der Waals surface area contributed by atoms with E-state index in [1.54, 1.807) is 0 Å². The lowest BCUT2D eigenvalue weighted by Crippen LogP contribution is -2.47. The van der Waals surface area contributed by atoms with Crippen LogP contribution >= 0.6 is 0 Å². The fourth-order valence-corrected chi connectivity index (χ4v) is 3.00. The van der Waals surface area contributed by atoms with E-state index in [4.69, 9.17) is 10.5 Å². The summed E-state index contributed by atoms with van der Waals surface area (Å²) in [5.41, 5.74) is 8.67. The minimum absolute atomic E-state index is 0.0503. The SMILES string of the molecule is CC(C)(C)c1cccc(C2(NCCCN)CCOCC2)c1. The third-order valence-corrected chi connectivity index (χ3v) is 4.47. The number of hydrogen-bond acceptors (Lipinski definition) is 3. The van der Waals surface area contributed by atoms with E-state index in [0.717, 1.165) is 45.6 Å². The number of ether oxygens (including phenoxy) is 1. The van der Waals surface area contributed by atoms with Gasteiger partial charge in [-0.15, -0.1) is 0 Å². The third kappa shape index (κ3) is 4.06. The highest BCUT2D eigenvalue weighted by molar-refractivity contribution is 5.33. The van der Waals surface area contributed by atoms with E-state index in [0.29, 0.717) is 0 Å². The molecule has 0 aromatic heterocycles.